The second-order valence-electron chi connectivity index (χ2n) is 3.14. The average Bonchev–Trinajstić information content (AvgIpc) is 2.56. The van der Waals surface area contributed by atoms with Crippen LogP contribution in [0.2, 0.25) is 0 Å². The van der Waals surface area contributed by atoms with Gasteiger partial charge in [0.15, 0.2) is 6.10 Å². The van der Waals surface area contributed by atoms with Crippen LogP contribution in [0.3, 0.4) is 0 Å². The Hall–Kier alpha value is -1.82. The van der Waals surface area contributed by atoms with E-state index in [1.165, 1.54) is 13.2 Å². The minimum Gasteiger partial charge on any atom is -0.497 e. The summed E-state index contributed by atoms with van der Waals surface area (Å²) in [5, 5.41) is 20.1. The zero-order valence-electron chi connectivity index (χ0n) is 7.91. The zero-order chi connectivity index (χ0) is 11.0. The van der Waals surface area contributed by atoms with Crippen LogP contribution in [0.4, 0.5) is 0 Å². The first-order chi connectivity index (χ1) is 7.13. The molecule has 0 fully saturated rings. The molecule has 1 aliphatic heterocycles. The lowest BCUT2D eigenvalue weighted by Gasteiger charge is -2.04. The highest BCUT2D eigenvalue weighted by atomic mass is 16.7. The number of fused-ring (bicyclic) bond motifs is 1. The molecule has 1 aromatic rings. The minimum atomic E-state index is -1.42. The van der Waals surface area contributed by atoms with E-state index in [1.54, 1.807) is 12.1 Å². The van der Waals surface area contributed by atoms with Gasteiger partial charge in [-0.15, -0.1) is 0 Å². The van der Waals surface area contributed by atoms with Gasteiger partial charge in [-0.05, 0) is 18.2 Å². The molecule has 6 heteroatoms. The number of benzene rings is 1. The molecular weight excluding hydrogens is 202 g/mol. The minimum absolute atomic E-state index is 0.324. The summed E-state index contributed by atoms with van der Waals surface area (Å²) in [6.45, 7) is 0. The predicted molar refractivity (Wildman–Crippen MR) is 49.4 cm³/mol. The lowest BCUT2D eigenvalue weighted by atomic mass is 10.1. The van der Waals surface area contributed by atoms with Gasteiger partial charge in [-0.2, -0.15) is 0 Å². The maximum atomic E-state index is 10.5. The van der Waals surface area contributed by atoms with Crippen molar-refractivity contribution in [3.8, 4) is 11.5 Å². The molecule has 80 valence electrons. The van der Waals surface area contributed by atoms with Crippen LogP contribution in [0, 0.1) is 10.1 Å². The fourth-order valence-corrected chi connectivity index (χ4v) is 1.50. The summed E-state index contributed by atoms with van der Waals surface area (Å²) in [6.07, 6.45) is -2.67. The number of aliphatic hydroxyl groups excluding tert-OH is 1. The number of ether oxygens (including phenoxy) is 2. The molecule has 1 aliphatic rings. The molecule has 6 nitrogen and oxygen atoms in total. The summed E-state index contributed by atoms with van der Waals surface area (Å²) in [5.41, 5.74) is 0.385. The highest BCUT2D eigenvalue weighted by Gasteiger charge is 2.41. The maximum Gasteiger partial charge on any atom is 0.384 e. The summed E-state index contributed by atoms with van der Waals surface area (Å²) in [5.74, 6) is 0.852. The SMILES string of the molecule is COc1ccc2c(c1)[C@H](O)[C@H]([N+](=O)[O-])O2. The summed E-state index contributed by atoms with van der Waals surface area (Å²) in [6, 6.07) is 4.69. The van der Waals surface area contributed by atoms with Crippen molar-refractivity contribution >= 4 is 0 Å². The number of nitro groups is 1. The van der Waals surface area contributed by atoms with E-state index in [0.717, 1.165) is 0 Å². The normalized spacial score (nSPS) is 23.1. The highest BCUT2D eigenvalue weighted by Crippen LogP contribution is 2.38. The van der Waals surface area contributed by atoms with Crippen LogP contribution in [-0.2, 0) is 0 Å². The zero-order valence-corrected chi connectivity index (χ0v) is 7.91. The van der Waals surface area contributed by atoms with Gasteiger partial charge in [0, 0.05) is 5.56 Å². The van der Waals surface area contributed by atoms with Gasteiger partial charge in [0.2, 0.25) is 0 Å². The molecule has 0 saturated heterocycles. The monoisotopic (exact) mass is 211 g/mol. The molecular formula is C9H9NO5. The Morgan fingerprint density at radius 2 is 2.33 bits per heavy atom. The Morgan fingerprint density at radius 1 is 1.60 bits per heavy atom. The highest BCUT2D eigenvalue weighted by molar-refractivity contribution is 5.44. The Labute approximate surface area is 85.2 Å². The molecule has 1 aromatic carbocycles. The number of methoxy groups -OCH3 is 1. The first-order valence-electron chi connectivity index (χ1n) is 4.29. The van der Waals surface area contributed by atoms with Gasteiger partial charge in [-0.1, -0.05) is 0 Å². The number of hydrogen-bond acceptors (Lipinski definition) is 5. The summed E-state index contributed by atoms with van der Waals surface area (Å²) >= 11 is 0. The quantitative estimate of drug-likeness (QED) is 0.575. The van der Waals surface area contributed by atoms with Crippen molar-refractivity contribution in [2.75, 3.05) is 7.11 Å². The number of rotatable bonds is 2. The third-order valence-electron chi connectivity index (χ3n) is 2.26. The summed E-state index contributed by atoms with van der Waals surface area (Å²) in [4.78, 5) is 9.87. The average molecular weight is 211 g/mol. The van der Waals surface area contributed by atoms with Crippen LogP contribution in [0.5, 0.6) is 11.5 Å². The molecule has 1 N–H and O–H groups in total. The van der Waals surface area contributed by atoms with Gasteiger partial charge in [0.25, 0.3) is 0 Å². The van der Waals surface area contributed by atoms with E-state index in [-0.39, 0.29) is 0 Å². The van der Waals surface area contributed by atoms with E-state index < -0.39 is 17.3 Å². The Bertz CT molecular complexity index is 405. The molecule has 15 heavy (non-hydrogen) atoms. The van der Waals surface area contributed by atoms with E-state index in [1.807, 2.05) is 0 Å². The molecule has 0 saturated carbocycles. The third kappa shape index (κ3) is 1.48. The molecule has 2 atom stereocenters. The second-order valence-corrected chi connectivity index (χ2v) is 3.14. The van der Waals surface area contributed by atoms with Crippen LogP contribution in [0.15, 0.2) is 18.2 Å². The first kappa shape index (κ1) is 9.72. The van der Waals surface area contributed by atoms with E-state index in [9.17, 15) is 15.2 Å². The molecule has 0 amide bonds. The fraction of sp³-hybridized carbons (Fsp3) is 0.333. The van der Waals surface area contributed by atoms with Crippen LogP contribution in [0.25, 0.3) is 0 Å². The van der Waals surface area contributed by atoms with E-state index in [0.29, 0.717) is 17.1 Å². The van der Waals surface area contributed by atoms with Gasteiger partial charge in [0.1, 0.15) is 11.5 Å². The largest absolute Gasteiger partial charge is 0.497 e. The standard InChI is InChI=1S/C9H9NO5/c1-14-5-2-3-7-6(4-5)8(11)9(15-7)10(12)13/h2-4,8-9,11H,1H3/t8-,9+/m0/s1. The lowest BCUT2D eigenvalue weighted by Crippen LogP contribution is -2.27. The summed E-state index contributed by atoms with van der Waals surface area (Å²) in [7, 11) is 1.48. The molecule has 0 aliphatic carbocycles. The Kier molecular flexibility index (Phi) is 2.20. The predicted octanol–water partition coefficient (Wildman–Crippen LogP) is 0.724. The maximum absolute atomic E-state index is 10.5. The summed E-state index contributed by atoms with van der Waals surface area (Å²) < 4.78 is 9.92. The van der Waals surface area contributed by atoms with Crippen LogP contribution in [-0.4, -0.2) is 23.4 Å². The van der Waals surface area contributed by atoms with Gasteiger partial charge in [-0.3, -0.25) is 10.1 Å². The lowest BCUT2D eigenvalue weighted by molar-refractivity contribution is -0.572. The molecule has 0 aromatic heterocycles. The van der Waals surface area contributed by atoms with E-state index in [2.05, 4.69) is 0 Å². The van der Waals surface area contributed by atoms with E-state index in [4.69, 9.17) is 9.47 Å². The van der Waals surface area contributed by atoms with Crippen molar-refractivity contribution in [2.45, 2.75) is 12.3 Å². The molecule has 0 radical (unpaired) electrons. The van der Waals surface area contributed by atoms with Crippen LogP contribution in [0.1, 0.15) is 11.7 Å². The van der Waals surface area contributed by atoms with Crippen molar-refractivity contribution in [2.24, 2.45) is 0 Å². The van der Waals surface area contributed by atoms with Crippen molar-refractivity contribution in [1.29, 1.82) is 0 Å². The first-order valence-corrected chi connectivity index (χ1v) is 4.29. The third-order valence-corrected chi connectivity index (χ3v) is 2.26. The van der Waals surface area contributed by atoms with Crippen molar-refractivity contribution < 1.29 is 19.5 Å². The number of hydrogen-bond donors (Lipinski definition) is 1. The van der Waals surface area contributed by atoms with Crippen molar-refractivity contribution in [1.82, 2.24) is 0 Å². The topological polar surface area (TPSA) is 81.8 Å². The van der Waals surface area contributed by atoms with Gasteiger partial charge >= 0.3 is 6.23 Å². The number of aliphatic hydroxyl groups is 1. The second kappa shape index (κ2) is 3.39. The molecule has 1 heterocycles. The fourth-order valence-electron chi connectivity index (χ4n) is 1.50. The van der Waals surface area contributed by atoms with Gasteiger partial charge < -0.3 is 14.6 Å². The van der Waals surface area contributed by atoms with Crippen molar-refractivity contribution in [3.05, 3.63) is 33.9 Å². The van der Waals surface area contributed by atoms with Gasteiger partial charge in [0.05, 0.1) is 12.0 Å². The molecule has 0 bridgehead atoms. The smallest absolute Gasteiger partial charge is 0.384 e. The van der Waals surface area contributed by atoms with Crippen LogP contribution >= 0.6 is 0 Å². The van der Waals surface area contributed by atoms with E-state index >= 15 is 0 Å². The van der Waals surface area contributed by atoms with Gasteiger partial charge in [-0.25, -0.2) is 0 Å². The van der Waals surface area contributed by atoms with Crippen LogP contribution < -0.4 is 9.47 Å². The number of nitrogens with zero attached hydrogens (tertiary/aromatic N) is 1. The molecule has 0 spiro atoms. The van der Waals surface area contributed by atoms with Crippen molar-refractivity contribution in [3.63, 3.8) is 0 Å². The Balaban J connectivity index is 2.37. The molecule has 2 rings (SSSR count). The molecule has 0 unspecified atom stereocenters. The Morgan fingerprint density at radius 3 is 2.93 bits per heavy atom.